The van der Waals surface area contributed by atoms with Crippen molar-refractivity contribution in [3.63, 3.8) is 0 Å². The molecule has 1 aromatic carbocycles. The summed E-state index contributed by atoms with van der Waals surface area (Å²) in [6.45, 7) is 3.46. The molecule has 3 aromatic rings. The molecule has 0 bridgehead atoms. The van der Waals surface area contributed by atoms with Gasteiger partial charge in [0.15, 0.2) is 5.65 Å². The van der Waals surface area contributed by atoms with Gasteiger partial charge in [0.2, 0.25) is 5.95 Å². The first kappa shape index (κ1) is 15.6. The Bertz CT molecular complexity index is 918. The topological polar surface area (TPSA) is 77.0 Å². The highest BCUT2D eigenvalue weighted by atomic mass is 16.2. The zero-order valence-electron chi connectivity index (χ0n) is 14.2. The van der Waals surface area contributed by atoms with E-state index in [0.29, 0.717) is 23.6 Å². The number of pyridine rings is 1. The summed E-state index contributed by atoms with van der Waals surface area (Å²) in [4.78, 5) is 23.8. The van der Waals surface area contributed by atoms with Crippen molar-refractivity contribution < 1.29 is 4.79 Å². The molecule has 1 fully saturated rings. The maximum atomic E-state index is 13.1. The number of rotatable bonds is 3. The summed E-state index contributed by atoms with van der Waals surface area (Å²) >= 11 is 0. The van der Waals surface area contributed by atoms with Gasteiger partial charge in [-0.25, -0.2) is 9.97 Å². The van der Waals surface area contributed by atoms with E-state index in [1.54, 1.807) is 12.3 Å². The van der Waals surface area contributed by atoms with Crippen LogP contribution in [0.2, 0.25) is 0 Å². The number of hydrogen-bond acceptors (Lipinski definition) is 4. The lowest BCUT2D eigenvalue weighted by Crippen LogP contribution is -2.30. The predicted molar refractivity (Wildman–Crippen MR) is 97.1 cm³/mol. The van der Waals surface area contributed by atoms with Crippen LogP contribution in [-0.2, 0) is 6.54 Å². The van der Waals surface area contributed by atoms with E-state index in [0.717, 1.165) is 25.0 Å². The fraction of sp³-hybridized carbons (Fsp3) is 0.316. The Morgan fingerprint density at radius 1 is 1.32 bits per heavy atom. The van der Waals surface area contributed by atoms with Gasteiger partial charge in [-0.3, -0.25) is 9.36 Å². The van der Waals surface area contributed by atoms with Gasteiger partial charge in [-0.1, -0.05) is 30.3 Å². The number of imidazole rings is 1. The lowest BCUT2D eigenvalue weighted by atomic mass is 10.0. The number of carbonyl (C=O) groups is 1. The number of aryl methyl sites for hydroxylation is 1. The lowest BCUT2D eigenvalue weighted by Gasteiger charge is -2.25. The number of carbonyl (C=O) groups excluding carboxylic acids is 1. The van der Waals surface area contributed by atoms with Crippen molar-refractivity contribution in [2.45, 2.75) is 32.4 Å². The molecule has 3 heterocycles. The monoisotopic (exact) mass is 335 g/mol. The minimum Gasteiger partial charge on any atom is -0.369 e. The molecule has 6 nitrogen and oxygen atoms in total. The smallest absolute Gasteiger partial charge is 0.256 e. The van der Waals surface area contributed by atoms with Crippen molar-refractivity contribution in [1.29, 1.82) is 0 Å². The highest BCUT2D eigenvalue weighted by Crippen LogP contribution is 2.33. The second-order valence-corrected chi connectivity index (χ2v) is 6.35. The van der Waals surface area contributed by atoms with E-state index in [2.05, 4.69) is 22.1 Å². The molecule has 0 spiro atoms. The molecular formula is C19H21N5O. The first-order valence-corrected chi connectivity index (χ1v) is 8.66. The lowest BCUT2D eigenvalue weighted by molar-refractivity contribution is 0.0735. The van der Waals surface area contributed by atoms with Crippen LogP contribution in [0, 0.1) is 0 Å². The van der Waals surface area contributed by atoms with Crippen molar-refractivity contribution in [3.8, 4) is 0 Å². The first-order valence-electron chi connectivity index (χ1n) is 8.66. The third-order valence-corrected chi connectivity index (χ3v) is 4.88. The third kappa shape index (κ3) is 2.63. The zero-order valence-corrected chi connectivity index (χ0v) is 14.2. The molecule has 2 N–H and O–H groups in total. The number of nitrogens with two attached hydrogens (primary N) is 1. The summed E-state index contributed by atoms with van der Waals surface area (Å²) in [6, 6.07) is 12.1. The third-order valence-electron chi connectivity index (χ3n) is 4.88. The van der Waals surface area contributed by atoms with Crippen LogP contribution in [0.25, 0.3) is 11.2 Å². The van der Waals surface area contributed by atoms with Gasteiger partial charge in [-0.05, 0) is 31.4 Å². The Kier molecular flexibility index (Phi) is 3.87. The number of benzene rings is 1. The quantitative estimate of drug-likeness (QED) is 0.798. The van der Waals surface area contributed by atoms with E-state index in [4.69, 9.17) is 5.73 Å². The van der Waals surface area contributed by atoms with E-state index in [1.807, 2.05) is 34.6 Å². The molecule has 1 aliphatic rings. The summed E-state index contributed by atoms with van der Waals surface area (Å²) < 4.78 is 1.84. The van der Waals surface area contributed by atoms with Crippen molar-refractivity contribution in [2.75, 3.05) is 12.3 Å². The minimum absolute atomic E-state index is 0.00497. The second-order valence-electron chi connectivity index (χ2n) is 6.35. The van der Waals surface area contributed by atoms with Gasteiger partial charge in [0.05, 0.1) is 11.6 Å². The molecule has 1 aliphatic heterocycles. The standard InChI is InChI=1S/C19H21N5O/c1-2-23-17-15(22-19(23)20)11-14(12-21-17)18(25)24-10-6-9-16(24)13-7-4-3-5-8-13/h3-5,7-8,11-12,16H,2,6,9-10H2,1H3,(H2,20,22)/t16-/m1/s1. The molecule has 6 heteroatoms. The highest BCUT2D eigenvalue weighted by molar-refractivity contribution is 5.97. The van der Waals surface area contributed by atoms with E-state index >= 15 is 0 Å². The van der Waals surface area contributed by atoms with Crippen molar-refractivity contribution in [3.05, 3.63) is 53.7 Å². The molecular weight excluding hydrogens is 314 g/mol. The average Bonchev–Trinajstić information content (AvgIpc) is 3.24. The highest BCUT2D eigenvalue weighted by Gasteiger charge is 2.30. The van der Waals surface area contributed by atoms with Gasteiger partial charge < -0.3 is 10.6 Å². The van der Waals surface area contributed by atoms with Crippen molar-refractivity contribution >= 4 is 23.0 Å². The number of hydrogen-bond donors (Lipinski definition) is 1. The number of amides is 1. The van der Waals surface area contributed by atoms with Crippen LogP contribution in [0.3, 0.4) is 0 Å². The normalized spacial score (nSPS) is 17.3. The molecule has 25 heavy (non-hydrogen) atoms. The number of nitrogen functional groups attached to an aromatic ring is 1. The van der Waals surface area contributed by atoms with Crippen LogP contribution < -0.4 is 5.73 Å². The Morgan fingerprint density at radius 2 is 2.12 bits per heavy atom. The largest absolute Gasteiger partial charge is 0.369 e. The molecule has 1 atom stereocenters. The zero-order chi connectivity index (χ0) is 17.4. The number of nitrogens with zero attached hydrogens (tertiary/aromatic N) is 4. The van der Waals surface area contributed by atoms with Gasteiger partial charge in [0.25, 0.3) is 5.91 Å². The fourth-order valence-electron chi connectivity index (χ4n) is 3.65. The van der Waals surface area contributed by atoms with Crippen molar-refractivity contribution in [2.24, 2.45) is 0 Å². The number of aromatic nitrogens is 3. The van der Waals surface area contributed by atoms with Crippen LogP contribution in [0.4, 0.5) is 5.95 Å². The van der Waals surface area contributed by atoms with Gasteiger partial charge in [-0.15, -0.1) is 0 Å². The fourth-order valence-corrected chi connectivity index (χ4v) is 3.65. The van der Waals surface area contributed by atoms with Gasteiger partial charge in [-0.2, -0.15) is 0 Å². The molecule has 0 unspecified atom stereocenters. The van der Waals surface area contributed by atoms with E-state index in [-0.39, 0.29) is 11.9 Å². The van der Waals surface area contributed by atoms with Crippen LogP contribution >= 0.6 is 0 Å². The van der Waals surface area contributed by atoms with Crippen LogP contribution in [0.15, 0.2) is 42.6 Å². The summed E-state index contributed by atoms with van der Waals surface area (Å²) in [5, 5.41) is 0. The van der Waals surface area contributed by atoms with E-state index in [1.165, 1.54) is 5.56 Å². The molecule has 2 aromatic heterocycles. The molecule has 0 radical (unpaired) electrons. The Balaban J connectivity index is 1.67. The van der Waals surface area contributed by atoms with Gasteiger partial charge >= 0.3 is 0 Å². The number of anilines is 1. The van der Waals surface area contributed by atoms with Gasteiger partial charge in [0.1, 0.15) is 5.52 Å². The molecule has 0 aliphatic carbocycles. The molecule has 1 saturated heterocycles. The first-order chi connectivity index (χ1) is 12.2. The SMILES string of the molecule is CCn1c(N)nc2cc(C(=O)N3CCC[C@@H]3c3ccccc3)cnc21. The summed E-state index contributed by atoms with van der Waals surface area (Å²) in [6.07, 6.45) is 3.64. The number of fused-ring (bicyclic) bond motifs is 1. The maximum Gasteiger partial charge on any atom is 0.256 e. The summed E-state index contributed by atoms with van der Waals surface area (Å²) in [5.41, 5.74) is 9.06. The summed E-state index contributed by atoms with van der Waals surface area (Å²) in [7, 11) is 0. The Hall–Kier alpha value is -2.89. The molecule has 128 valence electrons. The Labute approximate surface area is 146 Å². The second kappa shape index (κ2) is 6.20. The van der Waals surface area contributed by atoms with Crippen molar-refractivity contribution in [1.82, 2.24) is 19.4 Å². The van der Waals surface area contributed by atoms with Gasteiger partial charge in [0, 0.05) is 19.3 Å². The van der Waals surface area contributed by atoms with E-state index < -0.39 is 0 Å². The number of likely N-dealkylation sites (tertiary alicyclic amines) is 1. The van der Waals surface area contributed by atoms with Crippen LogP contribution in [0.5, 0.6) is 0 Å². The predicted octanol–water partition coefficient (Wildman–Crippen LogP) is 3.01. The van der Waals surface area contributed by atoms with E-state index in [9.17, 15) is 4.79 Å². The minimum atomic E-state index is 0.00497. The average molecular weight is 335 g/mol. The van der Waals surface area contributed by atoms with Crippen LogP contribution in [0.1, 0.15) is 41.7 Å². The Morgan fingerprint density at radius 3 is 2.88 bits per heavy atom. The summed E-state index contributed by atoms with van der Waals surface area (Å²) in [5.74, 6) is 0.434. The van der Waals surface area contributed by atoms with Crippen LogP contribution in [-0.4, -0.2) is 31.9 Å². The molecule has 4 rings (SSSR count). The maximum absolute atomic E-state index is 13.1. The molecule has 0 saturated carbocycles. The molecule has 1 amide bonds.